The summed E-state index contributed by atoms with van der Waals surface area (Å²) in [6.45, 7) is 3.74. The van der Waals surface area contributed by atoms with Gasteiger partial charge < -0.3 is 10.1 Å². The predicted octanol–water partition coefficient (Wildman–Crippen LogP) is 1.08. The van der Waals surface area contributed by atoms with Crippen LogP contribution in [-0.2, 0) is 17.7 Å². The molecule has 1 unspecified atom stereocenters. The van der Waals surface area contributed by atoms with E-state index in [0.717, 1.165) is 29.6 Å². The molecule has 1 aromatic heterocycles. The maximum absolute atomic E-state index is 5.07. The molecule has 1 atom stereocenters. The number of aromatic nitrogens is 2. The first-order valence-corrected chi connectivity index (χ1v) is 5.52. The van der Waals surface area contributed by atoms with Crippen LogP contribution in [0.2, 0.25) is 0 Å². The molecule has 0 amide bonds. The summed E-state index contributed by atoms with van der Waals surface area (Å²) >= 11 is 1.67. The van der Waals surface area contributed by atoms with Crippen molar-refractivity contribution in [3.05, 3.63) is 10.0 Å². The quantitative estimate of drug-likeness (QED) is 0.771. The Morgan fingerprint density at radius 3 is 2.79 bits per heavy atom. The molecule has 4 nitrogen and oxygen atoms in total. The number of nitrogens with one attached hydrogen (secondary N) is 1. The van der Waals surface area contributed by atoms with Crippen LogP contribution in [0.1, 0.15) is 16.9 Å². The molecule has 0 saturated heterocycles. The summed E-state index contributed by atoms with van der Waals surface area (Å²) in [4.78, 5) is 0. The number of rotatable bonds is 6. The van der Waals surface area contributed by atoms with E-state index < -0.39 is 0 Å². The van der Waals surface area contributed by atoms with Gasteiger partial charge in [-0.15, -0.1) is 21.5 Å². The minimum absolute atomic E-state index is 0.510. The van der Waals surface area contributed by atoms with Crippen LogP contribution in [0.15, 0.2) is 0 Å². The molecule has 0 aromatic carbocycles. The second kappa shape index (κ2) is 6.06. The molecule has 0 aliphatic heterocycles. The maximum atomic E-state index is 5.07. The van der Waals surface area contributed by atoms with Gasteiger partial charge in [0, 0.05) is 26.7 Å². The van der Waals surface area contributed by atoms with Gasteiger partial charge in [-0.05, 0) is 13.0 Å². The van der Waals surface area contributed by atoms with E-state index >= 15 is 0 Å². The van der Waals surface area contributed by atoms with Crippen molar-refractivity contribution < 1.29 is 4.74 Å². The number of methoxy groups -OCH3 is 1. The van der Waals surface area contributed by atoms with Crippen molar-refractivity contribution in [1.82, 2.24) is 15.5 Å². The van der Waals surface area contributed by atoms with Crippen LogP contribution in [0.3, 0.4) is 0 Å². The van der Waals surface area contributed by atoms with Crippen LogP contribution in [-0.4, -0.2) is 31.0 Å². The van der Waals surface area contributed by atoms with E-state index in [-0.39, 0.29) is 0 Å². The van der Waals surface area contributed by atoms with Crippen molar-refractivity contribution in [3.8, 4) is 0 Å². The first-order valence-electron chi connectivity index (χ1n) is 4.71. The zero-order valence-corrected chi connectivity index (χ0v) is 9.73. The zero-order chi connectivity index (χ0) is 10.4. The lowest BCUT2D eigenvalue weighted by Gasteiger charge is -2.05. The smallest absolute Gasteiger partial charge is 0.131 e. The van der Waals surface area contributed by atoms with Crippen molar-refractivity contribution in [2.75, 3.05) is 20.8 Å². The summed E-state index contributed by atoms with van der Waals surface area (Å²) in [5.41, 5.74) is 0. The summed E-state index contributed by atoms with van der Waals surface area (Å²) < 4.78 is 5.07. The lowest BCUT2D eigenvalue weighted by Crippen LogP contribution is -2.06. The highest BCUT2D eigenvalue weighted by Crippen LogP contribution is 2.14. The van der Waals surface area contributed by atoms with Crippen LogP contribution >= 0.6 is 11.3 Å². The Morgan fingerprint density at radius 1 is 1.43 bits per heavy atom. The Morgan fingerprint density at radius 2 is 2.14 bits per heavy atom. The van der Waals surface area contributed by atoms with Crippen molar-refractivity contribution in [2.24, 2.45) is 5.92 Å². The highest BCUT2D eigenvalue weighted by molar-refractivity contribution is 7.11. The molecule has 1 rings (SSSR count). The average Bonchev–Trinajstić information content (AvgIpc) is 2.53. The monoisotopic (exact) mass is 215 g/mol. The Bertz CT molecular complexity index is 264. The zero-order valence-electron chi connectivity index (χ0n) is 8.91. The second-order valence-electron chi connectivity index (χ2n) is 3.38. The molecule has 14 heavy (non-hydrogen) atoms. The first-order chi connectivity index (χ1) is 6.76. The van der Waals surface area contributed by atoms with Gasteiger partial charge in [0.1, 0.15) is 10.0 Å². The normalized spacial score (nSPS) is 13.1. The fourth-order valence-corrected chi connectivity index (χ4v) is 2.25. The molecule has 0 aliphatic carbocycles. The van der Waals surface area contributed by atoms with E-state index in [2.05, 4.69) is 22.4 Å². The van der Waals surface area contributed by atoms with Gasteiger partial charge in [-0.1, -0.05) is 6.92 Å². The minimum Gasteiger partial charge on any atom is -0.384 e. The molecule has 0 spiro atoms. The lowest BCUT2D eigenvalue weighted by molar-refractivity contribution is 0.159. The predicted molar refractivity (Wildman–Crippen MR) is 57.4 cm³/mol. The van der Waals surface area contributed by atoms with Crippen LogP contribution in [0.5, 0.6) is 0 Å². The van der Waals surface area contributed by atoms with Crippen molar-refractivity contribution in [1.29, 1.82) is 0 Å². The molecule has 0 fully saturated rings. The molecule has 0 saturated carbocycles. The highest BCUT2D eigenvalue weighted by Gasteiger charge is 2.08. The van der Waals surface area contributed by atoms with Gasteiger partial charge in [0.25, 0.3) is 0 Å². The maximum Gasteiger partial charge on any atom is 0.131 e. The number of ether oxygens (including phenoxy) is 1. The van der Waals surface area contributed by atoms with E-state index in [1.807, 2.05) is 7.05 Å². The average molecular weight is 215 g/mol. The van der Waals surface area contributed by atoms with Gasteiger partial charge in [-0.25, -0.2) is 0 Å². The van der Waals surface area contributed by atoms with Crippen LogP contribution in [0, 0.1) is 5.92 Å². The molecular formula is C9H17N3OS. The molecule has 0 aliphatic rings. The van der Waals surface area contributed by atoms with Gasteiger partial charge in [-0.2, -0.15) is 0 Å². The van der Waals surface area contributed by atoms with E-state index in [4.69, 9.17) is 4.74 Å². The van der Waals surface area contributed by atoms with E-state index in [9.17, 15) is 0 Å². The largest absolute Gasteiger partial charge is 0.384 e. The van der Waals surface area contributed by atoms with E-state index in [0.29, 0.717) is 5.92 Å². The van der Waals surface area contributed by atoms with E-state index in [1.165, 1.54) is 0 Å². The molecule has 0 radical (unpaired) electrons. The summed E-state index contributed by atoms with van der Waals surface area (Å²) in [5.74, 6) is 0.510. The molecule has 1 N–H and O–H groups in total. The van der Waals surface area contributed by atoms with Crippen molar-refractivity contribution >= 4 is 11.3 Å². The fourth-order valence-electron chi connectivity index (χ4n) is 1.24. The van der Waals surface area contributed by atoms with Gasteiger partial charge in [0.2, 0.25) is 0 Å². The molecule has 5 heteroatoms. The number of nitrogens with zero attached hydrogens (tertiary/aromatic N) is 2. The molecule has 0 bridgehead atoms. The SMILES string of the molecule is CNCc1nnc(CC(C)COC)s1. The third kappa shape index (κ3) is 3.69. The van der Waals surface area contributed by atoms with Crippen molar-refractivity contribution in [2.45, 2.75) is 19.9 Å². The topological polar surface area (TPSA) is 47.0 Å². The molecular weight excluding hydrogens is 198 g/mol. The summed E-state index contributed by atoms with van der Waals surface area (Å²) in [7, 11) is 3.64. The Hall–Kier alpha value is -0.520. The van der Waals surface area contributed by atoms with Crippen molar-refractivity contribution in [3.63, 3.8) is 0 Å². The van der Waals surface area contributed by atoms with Crippen LogP contribution < -0.4 is 5.32 Å². The first kappa shape index (κ1) is 11.6. The number of hydrogen-bond donors (Lipinski definition) is 1. The minimum atomic E-state index is 0.510. The standard InChI is InChI=1S/C9H17N3OS/c1-7(6-13-3)4-8-11-12-9(14-8)5-10-2/h7,10H,4-6H2,1-3H3. The molecule has 1 heterocycles. The third-order valence-corrected chi connectivity index (χ3v) is 2.76. The fraction of sp³-hybridized carbons (Fsp3) is 0.778. The van der Waals surface area contributed by atoms with Gasteiger partial charge in [-0.3, -0.25) is 0 Å². The van der Waals surface area contributed by atoms with Gasteiger partial charge >= 0.3 is 0 Å². The Labute approximate surface area is 88.7 Å². The Kier molecular flexibility index (Phi) is 5.00. The van der Waals surface area contributed by atoms with Gasteiger partial charge in [0.05, 0.1) is 0 Å². The summed E-state index contributed by atoms with van der Waals surface area (Å²) in [6.07, 6.45) is 0.954. The van der Waals surface area contributed by atoms with E-state index in [1.54, 1.807) is 18.4 Å². The summed E-state index contributed by atoms with van der Waals surface area (Å²) in [6, 6.07) is 0. The third-order valence-electron chi connectivity index (χ3n) is 1.81. The molecule has 1 aromatic rings. The van der Waals surface area contributed by atoms with Crippen LogP contribution in [0.4, 0.5) is 0 Å². The van der Waals surface area contributed by atoms with Crippen LogP contribution in [0.25, 0.3) is 0 Å². The molecule has 80 valence electrons. The summed E-state index contributed by atoms with van der Waals surface area (Å²) in [5, 5.41) is 13.4. The number of hydrogen-bond acceptors (Lipinski definition) is 5. The second-order valence-corrected chi connectivity index (χ2v) is 4.53. The lowest BCUT2D eigenvalue weighted by atomic mass is 10.1. The Balaban J connectivity index is 2.42. The van der Waals surface area contributed by atoms with Gasteiger partial charge in [0.15, 0.2) is 0 Å². The highest BCUT2D eigenvalue weighted by atomic mass is 32.1.